The van der Waals surface area contributed by atoms with E-state index in [4.69, 9.17) is 5.26 Å². The Morgan fingerprint density at radius 3 is 1.01 bits per heavy atom. The van der Waals surface area contributed by atoms with E-state index >= 15 is 0 Å². The molecule has 0 rings (SSSR count). The van der Waals surface area contributed by atoms with E-state index in [1.165, 1.54) is 193 Å². The van der Waals surface area contributed by atoms with E-state index in [9.17, 15) is 10.5 Å². The molecule has 0 aromatic carbocycles. The first-order chi connectivity index (χ1) is 33.8. The van der Waals surface area contributed by atoms with Crippen molar-refractivity contribution in [3.8, 4) is 18.2 Å². The zero-order valence-corrected chi connectivity index (χ0v) is 48.0. The monoisotopic (exact) mass is 956 g/mol. The summed E-state index contributed by atoms with van der Waals surface area (Å²) in [5.41, 5.74) is 0. The van der Waals surface area contributed by atoms with Crippen LogP contribution in [0.5, 0.6) is 0 Å². The smallest absolute Gasteiger partial charge is 0.0659 e. The van der Waals surface area contributed by atoms with Crippen molar-refractivity contribution < 1.29 is 0 Å². The largest absolute Gasteiger partial charge is 0.198 e. The van der Waals surface area contributed by atoms with Crippen LogP contribution in [0.25, 0.3) is 0 Å². The summed E-state index contributed by atoms with van der Waals surface area (Å²) >= 11 is 0. The van der Waals surface area contributed by atoms with E-state index in [0.29, 0.717) is 17.8 Å². The lowest BCUT2D eigenvalue weighted by molar-refractivity contribution is 0.424. The minimum atomic E-state index is 0.160. The molecule has 0 aliphatic carbocycles. The van der Waals surface area contributed by atoms with Crippen molar-refractivity contribution in [1.82, 2.24) is 0 Å². The van der Waals surface area contributed by atoms with Crippen molar-refractivity contribution >= 4 is 0 Å². The lowest BCUT2D eigenvalue weighted by Gasteiger charge is -2.11. The van der Waals surface area contributed by atoms with Gasteiger partial charge in [0.15, 0.2) is 0 Å². The molecule has 3 nitrogen and oxygen atoms in total. The summed E-state index contributed by atoms with van der Waals surface area (Å²) in [6, 6.07) is 7.45. The summed E-state index contributed by atoms with van der Waals surface area (Å²) < 4.78 is 0. The zero-order chi connectivity index (χ0) is 51.5. The van der Waals surface area contributed by atoms with Gasteiger partial charge in [0.05, 0.1) is 24.1 Å². The third-order valence-corrected chi connectivity index (χ3v) is 14.9. The van der Waals surface area contributed by atoms with Gasteiger partial charge in [0.1, 0.15) is 0 Å². The minimum absolute atomic E-state index is 0.160. The Morgan fingerprint density at radius 1 is 0.333 bits per heavy atom. The number of nitrogens with zero attached hydrogens (tertiary/aromatic N) is 3. The van der Waals surface area contributed by atoms with Crippen LogP contribution >= 0.6 is 0 Å². The topological polar surface area (TPSA) is 71.4 Å². The van der Waals surface area contributed by atoms with Crippen molar-refractivity contribution in [3.63, 3.8) is 0 Å². The van der Waals surface area contributed by atoms with Crippen LogP contribution in [-0.4, -0.2) is 0 Å². The Hall–Kier alpha value is -2.57. The van der Waals surface area contributed by atoms with E-state index in [1.54, 1.807) is 0 Å². The first kappa shape index (κ1) is 70.7. The summed E-state index contributed by atoms with van der Waals surface area (Å²) in [4.78, 5) is 0. The SMILES string of the molecule is C=CC(CC)CC/C=C/CC/C=C/CC(C#N)CC/C=C/CC.CCCCCCC(C#N)CCCCCCCCCC(CC)CC.CCCCCCC(C#N)CCCCCCCCCC(CC)CC. The Morgan fingerprint density at radius 2 is 0.667 bits per heavy atom. The molecule has 0 radical (unpaired) electrons. The van der Waals surface area contributed by atoms with Crippen LogP contribution in [0.4, 0.5) is 0 Å². The molecule has 0 saturated carbocycles. The van der Waals surface area contributed by atoms with E-state index in [1.807, 2.05) is 0 Å². The summed E-state index contributed by atoms with van der Waals surface area (Å²) in [6.07, 6.45) is 67.5. The fraction of sp³-hybridized carbons (Fsp3) is 0.833. The van der Waals surface area contributed by atoms with Crippen LogP contribution in [-0.2, 0) is 0 Å². The van der Waals surface area contributed by atoms with Crippen LogP contribution < -0.4 is 0 Å². The zero-order valence-electron chi connectivity index (χ0n) is 48.0. The second-order valence-corrected chi connectivity index (χ2v) is 20.8. The molecule has 0 heterocycles. The normalized spacial score (nSPS) is 13.1. The lowest BCUT2D eigenvalue weighted by Crippen LogP contribution is -1.97. The molecule has 0 aliphatic heterocycles. The number of rotatable bonds is 48. The molecule has 0 fully saturated rings. The summed E-state index contributed by atoms with van der Waals surface area (Å²) in [7, 11) is 0. The molecule has 0 amide bonds. The average molecular weight is 957 g/mol. The van der Waals surface area contributed by atoms with E-state index < -0.39 is 0 Å². The molecular weight excluding hydrogens is 835 g/mol. The van der Waals surface area contributed by atoms with Crippen LogP contribution in [0.2, 0.25) is 0 Å². The Kier molecular flexibility index (Phi) is 63.1. The number of nitriles is 3. The maximum atomic E-state index is 9.22. The Bertz CT molecular complexity index is 1160. The molecule has 69 heavy (non-hydrogen) atoms. The first-order valence-electron chi connectivity index (χ1n) is 30.6. The van der Waals surface area contributed by atoms with Crippen molar-refractivity contribution in [2.45, 2.75) is 319 Å². The predicted octanol–water partition coefficient (Wildman–Crippen LogP) is 23.2. The van der Waals surface area contributed by atoms with Crippen LogP contribution in [0.1, 0.15) is 319 Å². The highest BCUT2D eigenvalue weighted by atomic mass is 14.3. The number of hydrogen-bond acceptors (Lipinski definition) is 3. The third-order valence-electron chi connectivity index (χ3n) is 14.9. The van der Waals surface area contributed by atoms with Gasteiger partial charge in [-0.25, -0.2) is 0 Å². The van der Waals surface area contributed by atoms with Crippen molar-refractivity contribution in [2.24, 2.45) is 35.5 Å². The highest BCUT2D eigenvalue weighted by Gasteiger charge is 2.09. The van der Waals surface area contributed by atoms with Crippen molar-refractivity contribution in [2.75, 3.05) is 0 Å². The second-order valence-electron chi connectivity index (χ2n) is 20.8. The number of allylic oxidation sites excluding steroid dienone is 7. The van der Waals surface area contributed by atoms with Gasteiger partial charge in [-0.15, -0.1) is 6.58 Å². The van der Waals surface area contributed by atoms with Crippen LogP contribution in [0.3, 0.4) is 0 Å². The third kappa shape index (κ3) is 54.6. The Labute approximate surface area is 435 Å². The standard InChI is InChI=1S/2C22H43N.C22H35N/c3*1-4-7-8-14-18-22(20-23)19-16-13-11-9-10-12-15-17-21(5-2)6-3/h2*21-22H,4-19H2,1-3H3;5,7-8,10,12-13,16,21-22H,2,4,6,9,11,14-15,17-19H2,1,3H3/b;;8-7+,12-10+,16-13+. The van der Waals surface area contributed by atoms with Gasteiger partial charge in [0, 0.05) is 11.8 Å². The summed E-state index contributed by atoms with van der Waals surface area (Å²) in [5, 5.41) is 27.6. The van der Waals surface area contributed by atoms with Gasteiger partial charge < -0.3 is 0 Å². The van der Waals surface area contributed by atoms with Gasteiger partial charge in [0.25, 0.3) is 0 Å². The summed E-state index contributed by atoms with van der Waals surface area (Å²) in [6.45, 7) is 22.0. The van der Waals surface area contributed by atoms with Gasteiger partial charge in [-0.3, -0.25) is 0 Å². The maximum absolute atomic E-state index is 9.22. The molecule has 0 saturated heterocycles. The summed E-state index contributed by atoms with van der Waals surface area (Å²) in [5.74, 6) is 3.41. The second kappa shape index (κ2) is 61.5. The Balaban J connectivity index is -0.000000947. The molecule has 0 aromatic heterocycles. The fourth-order valence-corrected chi connectivity index (χ4v) is 9.41. The number of hydrogen-bond donors (Lipinski definition) is 0. The van der Waals surface area contributed by atoms with Gasteiger partial charge in [-0.05, 0) is 101 Å². The minimum Gasteiger partial charge on any atom is -0.198 e. The van der Waals surface area contributed by atoms with Crippen molar-refractivity contribution in [3.05, 3.63) is 49.1 Å². The van der Waals surface area contributed by atoms with Gasteiger partial charge in [0.2, 0.25) is 0 Å². The van der Waals surface area contributed by atoms with Crippen LogP contribution in [0.15, 0.2) is 49.1 Å². The average Bonchev–Trinajstić information content (AvgIpc) is 3.38. The van der Waals surface area contributed by atoms with E-state index in [0.717, 1.165) is 82.5 Å². The first-order valence-corrected chi connectivity index (χ1v) is 30.6. The molecule has 4 atom stereocenters. The van der Waals surface area contributed by atoms with E-state index in [-0.39, 0.29) is 5.92 Å². The molecule has 0 N–H and O–H groups in total. The predicted molar refractivity (Wildman–Crippen MR) is 310 cm³/mol. The molecule has 0 aromatic rings. The molecule has 0 bridgehead atoms. The molecule has 400 valence electrons. The molecule has 0 spiro atoms. The van der Waals surface area contributed by atoms with Crippen LogP contribution in [0, 0.1) is 69.5 Å². The molecule has 3 heteroatoms. The molecule has 4 unspecified atom stereocenters. The molecule has 0 aliphatic rings. The highest BCUT2D eigenvalue weighted by Crippen LogP contribution is 2.22. The van der Waals surface area contributed by atoms with Gasteiger partial charge in [-0.1, -0.05) is 278 Å². The highest BCUT2D eigenvalue weighted by molar-refractivity contribution is 4.95. The maximum Gasteiger partial charge on any atom is 0.0659 e. The lowest BCUT2D eigenvalue weighted by atomic mass is 9.94. The van der Waals surface area contributed by atoms with Gasteiger partial charge >= 0.3 is 0 Å². The quantitative estimate of drug-likeness (QED) is 0.0451. The molecular formula is C66H121N3. The van der Waals surface area contributed by atoms with Gasteiger partial charge in [-0.2, -0.15) is 15.8 Å². The fourth-order valence-electron chi connectivity index (χ4n) is 9.41. The number of unbranched alkanes of at least 4 members (excludes halogenated alkanes) is 19. The van der Waals surface area contributed by atoms with Crippen molar-refractivity contribution in [1.29, 1.82) is 15.8 Å². The van der Waals surface area contributed by atoms with E-state index in [2.05, 4.69) is 123 Å².